The molecule has 0 amide bonds. The zero-order valence-corrected chi connectivity index (χ0v) is 13.7. The summed E-state index contributed by atoms with van der Waals surface area (Å²) in [5.74, 6) is 3.01. The van der Waals surface area contributed by atoms with Crippen molar-refractivity contribution < 1.29 is 0 Å². The average molecular weight is 307 g/mol. The highest BCUT2D eigenvalue weighted by Crippen LogP contribution is 2.48. The standard InChI is InChI=1S/C18H27ClN2/c1-21(12-16-11-13-2-3-15(16)10-13)9-8-18(20)14-4-6-17(19)7-5-14/h4-7,13,15-16,18H,2-3,8-12,20H2,1H3. The SMILES string of the molecule is CN(CCC(N)c1ccc(Cl)cc1)CC1CC2CCC1C2. The summed E-state index contributed by atoms with van der Waals surface area (Å²) in [7, 11) is 2.25. The summed E-state index contributed by atoms with van der Waals surface area (Å²) in [6.45, 7) is 2.34. The Balaban J connectivity index is 1.43. The van der Waals surface area contributed by atoms with Crippen LogP contribution in [0.15, 0.2) is 24.3 Å². The molecule has 2 aliphatic carbocycles. The number of halogens is 1. The van der Waals surface area contributed by atoms with E-state index in [1.165, 1.54) is 37.8 Å². The Morgan fingerprint density at radius 1 is 1.24 bits per heavy atom. The molecule has 0 spiro atoms. The first-order valence-corrected chi connectivity index (χ1v) is 8.69. The van der Waals surface area contributed by atoms with Crippen LogP contribution < -0.4 is 5.73 Å². The Morgan fingerprint density at radius 2 is 2.00 bits per heavy atom. The predicted molar refractivity (Wildman–Crippen MR) is 89.4 cm³/mol. The van der Waals surface area contributed by atoms with Gasteiger partial charge >= 0.3 is 0 Å². The Hall–Kier alpha value is -0.570. The molecule has 0 saturated heterocycles. The molecule has 0 aliphatic heterocycles. The van der Waals surface area contributed by atoms with Crippen LogP contribution >= 0.6 is 11.6 Å². The Kier molecular flexibility index (Phi) is 4.88. The average Bonchev–Trinajstić information content (AvgIpc) is 3.08. The lowest BCUT2D eigenvalue weighted by molar-refractivity contribution is 0.215. The highest BCUT2D eigenvalue weighted by Gasteiger charge is 2.39. The maximum Gasteiger partial charge on any atom is 0.0406 e. The van der Waals surface area contributed by atoms with Crippen LogP contribution in [0.2, 0.25) is 5.02 Å². The predicted octanol–water partition coefficient (Wildman–Crippen LogP) is 4.10. The maximum absolute atomic E-state index is 6.29. The van der Waals surface area contributed by atoms with Gasteiger partial charge in [0.05, 0.1) is 0 Å². The maximum atomic E-state index is 6.29. The van der Waals surface area contributed by atoms with Gasteiger partial charge in [0.15, 0.2) is 0 Å². The number of nitrogens with two attached hydrogens (primary N) is 1. The first-order valence-electron chi connectivity index (χ1n) is 8.31. The van der Waals surface area contributed by atoms with Crippen molar-refractivity contribution in [3.8, 4) is 0 Å². The summed E-state index contributed by atoms with van der Waals surface area (Å²) in [6, 6.07) is 8.06. The highest BCUT2D eigenvalue weighted by atomic mass is 35.5. The van der Waals surface area contributed by atoms with Crippen LogP contribution in [0.1, 0.15) is 43.7 Å². The lowest BCUT2D eigenvalue weighted by atomic mass is 9.88. The first kappa shape index (κ1) is 15.3. The molecule has 2 N–H and O–H groups in total. The smallest absolute Gasteiger partial charge is 0.0406 e. The molecular formula is C18H27ClN2. The second-order valence-corrected chi connectivity index (χ2v) is 7.58. The second-order valence-electron chi connectivity index (χ2n) is 7.14. The normalized spacial score (nSPS) is 29.2. The molecule has 1 aromatic rings. The summed E-state index contributed by atoms with van der Waals surface area (Å²) >= 11 is 5.92. The molecule has 0 radical (unpaired) electrons. The van der Waals surface area contributed by atoms with Gasteiger partial charge in [0.25, 0.3) is 0 Å². The summed E-state index contributed by atoms with van der Waals surface area (Å²) in [5.41, 5.74) is 7.48. The van der Waals surface area contributed by atoms with Crippen LogP contribution in [0.5, 0.6) is 0 Å². The molecule has 3 heteroatoms. The van der Waals surface area contributed by atoms with Gasteiger partial charge in [-0.3, -0.25) is 0 Å². The van der Waals surface area contributed by atoms with Gasteiger partial charge in [-0.1, -0.05) is 30.2 Å². The summed E-state index contributed by atoms with van der Waals surface area (Å²) < 4.78 is 0. The largest absolute Gasteiger partial charge is 0.324 e. The van der Waals surface area contributed by atoms with Crippen LogP contribution in [-0.2, 0) is 0 Å². The van der Waals surface area contributed by atoms with Gasteiger partial charge in [0.1, 0.15) is 0 Å². The topological polar surface area (TPSA) is 29.3 Å². The zero-order valence-electron chi connectivity index (χ0n) is 13.0. The molecule has 0 heterocycles. The van der Waals surface area contributed by atoms with Crippen LogP contribution in [0.4, 0.5) is 0 Å². The van der Waals surface area contributed by atoms with Gasteiger partial charge in [0, 0.05) is 17.6 Å². The molecule has 2 aliphatic rings. The molecule has 0 aromatic heterocycles. The van der Waals surface area contributed by atoms with Crippen molar-refractivity contribution in [1.29, 1.82) is 0 Å². The van der Waals surface area contributed by atoms with Gasteiger partial charge < -0.3 is 10.6 Å². The lowest BCUT2D eigenvalue weighted by Crippen LogP contribution is -2.31. The van der Waals surface area contributed by atoms with E-state index < -0.39 is 0 Å². The second kappa shape index (κ2) is 6.68. The minimum absolute atomic E-state index is 0.116. The van der Waals surface area contributed by atoms with Crippen molar-refractivity contribution in [3.63, 3.8) is 0 Å². The van der Waals surface area contributed by atoms with Crippen molar-refractivity contribution in [2.45, 2.75) is 38.1 Å². The van der Waals surface area contributed by atoms with Crippen molar-refractivity contribution in [2.24, 2.45) is 23.5 Å². The van der Waals surface area contributed by atoms with Crippen molar-refractivity contribution >= 4 is 11.6 Å². The van der Waals surface area contributed by atoms with Crippen molar-refractivity contribution in [1.82, 2.24) is 4.90 Å². The van der Waals surface area contributed by atoms with Crippen LogP contribution in [0.3, 0.4) is 0 Å². The fourth-order valence-electron chi connectivity index (χ4n) is 4.33. The van der Waals surface area contributed by atoms with E-state index in [1.807, 2.05) is 24.3 Å². The number of fused-ring (bicyclic) bond motifs is 2. The number of rotatable bonds is 6. The van der Waals surface area contributed by atoms with Gasteiger partial charge in [-0.15, -0.1) is 0 Å². The summed E-state index contributed by atoms with van der Waals surface area (Å²) in [4.78, 5) is 2.49. The number of hydrogen-bond acceptors (Lipinski definition) is 2. The molecule has 1 aromatic carbocycles. The molecule has 2 saturated carbocycles. The fourth-order valence-corrected chi connectivity index (χ4v) is 4.45. The number of hydrogen-bond donors (Lipinski definition) is 1. The highest BCUT2D eigenvalue weighted by molar-refractivity contribution is 6.30. The van der Waals surface area contributed by atoms with E-state index in [4.69, 9.17) is 17.3 Å². The lowest BCUT2D eigenvalue weighted by Gasteiger charge is -2.27. The third-order valence-electron chi connectivity index (χ3n) is 5.55. The van der Waals surface area contributed by atoms with Gasteiger partial charge in [0.2, 0.25) is 0 Å². The fraction of sp³-hybridized carbons (Fsp3) is 0.667. The number of nitrogens with zero attached hydrogens (tertiary/aromatic N) is 1. The molecule has 2 fully saturated rings. The minimum Gasteiger partial charge on any atom is -0.324 e. The Morgan fingerprint density at radius 3 is 2.62 bits per heavy atom. The quantitative estimate of drug-likeness (QED) is 0.857. The summed E-state index contributed by atoms with van der Waals surface area (Å²) in [6.07, 6.45) is 6.96. The molecule has 116 valence electrons. The van der Waals surface area contributed by atoms with Gasteiger partial charge in [-0.05, 0) is 74.7 Å². The zero-order chi connectivity index (χ0) is 14.8. The van der Waals surface area contributed by atoms with Crippen LogP contribution in [0, 0.1) is 17.8 Å². The Labute approximate surface area is 133 Å². The number of benzene rings is 1. The molecule has 4 atom stereocenters. The van der Waals surface area contributed by atoms with Crippen molar-refractivity contribution in [3.05, 3.63) is 34.9 Å². The third kappa shape index (κ3) is 3.80. The molecule has 2 nitrogen and oxygen atoms in total. The minimum atomic E-state index is 0.116. The van der Waals surface area contributed by atoms with Crippen molar-refractivity contribution in [2.75, 3.05) is 20.1 Å². The summed E-state index contributed by atoms with van der Waals surface area (Å²) in [5, 5.41) is 0.777. The van der Waals surface area contributed by atoms with Gasteiger partial charge in [-0.25, -0.2) is 0 Å². The van der Waals surface area contributed by atoms with E-state index >= 15 is 0 Å². The molecule has 21 heavy (non-hydrogen) atoms. The van der Waals surface area contributed by atoms with E-state index in [-0.39, 0.29) is 6.04 Å². The van der Waals surface area contributed by atoms with Crippen LogP contribution in [-0.4, -0.2) is 25.0 Å². The van der Waals surface area contributed by atoms with Crippen LogP contribution in [0.25, 0.3) is 0 Å². The van der Waals surface area contributed by atoms with E-state index in [1.54, 1.807) is 0 Å². The molecular weight excluding hydrogens is 280 g/mol. The molecule has 2 bridgehead atoms. The third-order valence-corrected chi connectivity index (χ3v) is 5.80. The van der Waals surface area contributed by atoms with E-state index in [2.05, 4.69) is 11.9 Å². The van der Waals surface area contributed by atoms with E-state index in [0.29, 0.717) is 0 Å². The first-order chi connectivity index (χ1) is 10.1. The monoisotopic (exact) mass is 306 g/mol. The molecule has 4 unspecified atom stereocenters. The molecule has 3 rings (SSSR count). The van der Waals surface area contributed by atoms with Gasteiger partial charge in [-0.2, -0.15) is 0 Å². The van der Waals surface area contributed by atoms with E-state index in [9.17, 15) is 0 Å². The Bertz CT molecular complexity index is 459. The van der Waals surface area contributed by atoms with E-state index in [0.717, 1.165) is 35.7 Å².